The lowest BCUT2D eigenvalue weighted by atomic mass is 9.89. The zero-order chi connectivity index (χ0) is 25.7. The summed E-state index contributed by atoms with van der Waals surface area (Å²) >= 11 is 0. The van der Waals surface area contributed by atoms with Gasteiger partial charge in [-0.05, 0) is 13.8 Å². The first-order chi connectivity index (χ1) is 16.4. The quantitative estimate of drug-likeness (QED) is 0.345. The minimum absolute atomic E-state index is 0.00598. The van der Waals surface area contributed by atoms with Gasteiger partial charge in [0.05, 0.1) is 42.1 Å². The average molecular weight is 491 g/mol. The second-order valence-corrected chi connectivity index (χ2v) is 9.02. The average Bonchev–Trinajstić information content (AvgIpc) is 3.30. The molecule has 4 rings (SSSR count). The number of nitrogens with zero attached hydrogens (tertiary/aromatic N) is 4. The lowest BCUT2D eigenvalue weighted by molar-refractivity contribution is -0.117. The molecular weight excluding hydrogens is 467 g/mol. The Morgan fingerprint density at radius 1 is 1.26 bits per heavy atom. The summed E-state index contributed by atoms with van der Waals surface area (Å²) in [5.74, 6) is -5.06. The van der Waals surface area contributed by atoms with Crippen LogP contribution in [0.1, 0.15) is 32.9 Å². The summed E-state index contributed by atoms with van der Waals surface area (Å²) in [5.41, 5.74) is -0.127. The van der Waals surface area contributed by atoms with Gasteiger partial charge in [0.15, 0.2) is 29.2 Å². The molecule has 1 saturated heterocycles. The number of carbonyl (C=O) groups excluding carboxylic acids is 2. The van der Waals surface area contributed by atoms with Crippen LogP contribution in [-0.2, 0) is 22.6 Å². The number of anilines is 2. The molecule has 3 heterocycles. The molecule has 2 atom stereocenters. The number of rotatable bonds is 3. The Kier molecular flexibility index (Phi) is 6.03. The smallest absolute Gasteiger partial charge is 0.322 e. The van der Waals surface area contributed by atoms with Gasteiger partial charge in [0.1, 0.15) is 0 Å². The van der Waals surface area contributed by atoms with Gasteiger partial charge in [0.25, 0.3) is 0 Å². The Hall–Kier alpha value is -3.90. The molecular formula is C22H24F3N7O3. The maximum Gasteiger partial charge on any atom is 0.322 e. The molecule has 1 unspecified atom stereocenters. The lowest BCUT2D eigenvalue weighted by Gasteiger charge is -2.35. The van der Waals surface area contributed by atoms with E-state index in [1.165, 1.54) is 22.9 Å². The molecule has 3 N–H and O–H groups in total. The Labute approximate surface area is 198 Å². The van der Waals surface area contributed by atoms with Gasteiger partial charge >= 0.3 is 6.03 Å². The molecule has 3 amide bonds. The van der Waals surface area contributed by atoms with Crippen LogP contribution in [0.3, 0.4) is 0 Å². The highest BCUT2D eigenvalue weighted by Crippen LogP contribution is 2.38. The van der Waals surface area contributed by atoms with Crippen molar-refractivity contribution in [2.45, 2.75) is 46.3 Å². The van der Waals surface area contributed by atoms with E-state index < -0.39 is 28.9 Å². The summed E-state index contributed by atoms with van der Waals surface area (Å²) in [7, 11) is 0. The Bertz CT molecular complexity index is 1220. The third-order valence-corrected chi connectivity index (χ3v) is 6.16. The van der Waals surface area contributed by atoms with Crippen molar-refractivity contribution in [3.05, 3.63) is 41.5 Å². The fourth-order valence-corrected chi connectivity index (χ4v) is 4.28. The summed E-state index contributed by atoms with van der Waals surface area (Å²) in [5, 5.41) is 22.4. The molecule has 1 aromatic heterocycles. The number of nitrogens with one attached hydrogen (secondary N) is 3. The van der Waals surface area contributed by atoms with Gasteiger partial charge in [-0.1, -0.05) is 0 Å². The van der Waals surface area contributed by atoms with Crippen LogP contribution in [0.4, 0.5) is 29.3 Å². The first-order valence-electron chi connectivity index (χ1n) is 10.8. The van der Waals surface area contributed by atoms with E-state index in [2.05, 4.69) is 10.4 Å². The number of amides is 3. The second kappa shape index (κ2) is 8.71. The number of hydrogen-bond acceptors (Lipinski definition) is 6. The molecule has 0 aliphatic carbocycles. The highest BCUT2D eigenvalue weighted by atomic mass is 19.2. The van der Waals surface area contributed by atoms with Crippen molar-refractivity contribution in [3.63, 3.8) is 0 Å². The summed E-state index contributed by atoms with van der Waals surface area (Å²) in [6.07, 6.45) is 1.52. The van der Waals surface area contributed by atoms with E-state index in [0.29, 0.717) is 30.1 Å². The van der Waals surface area contributed by atoms with Crippen molar-refractivity contribution >= 4 is 35.1 Å². The normalized spacial score (nSPS) is 21.7. The van der Waals surface area contributed by atoms with Gasteiger partial charge in [-0.2, -0.15) is 5.10 Å². The zero-order valence-corrected chi connectivity index (χ0v) is 19.3. The van der Waals surface area contributed by atoms with E-state index in [0.717, 1.165) is 0 Å². The maximum atomic E-state index is 13.6. The summed E-state index contributed by atoms with van der Waals surface area (Å²) in [6, 6.07) is 0.381. The van der Waals surface area contributed by atoms with Crippen LogP contribution in [0, 0.1) is 33.7 Å². The van der Waals surface area contributed by atoms with Gasteiger partial charge in [0, 0.05) is 37.7 Å². The van der Waals surface area contributed by atoms with E-state index in [-0.39, 0.29) is 48.9 Å². The van der Waals surface area contributed by atoms with Crippen molar-refractivity contribution in [2.75, 3.05) is 16.8 Å². The van der Waals surface area contributed by atoms with E-state index >= 15 is 0 Å². The van der Waals surface area contributed by atoms with Gasteiger partial charge < -0.3 is 19.9 Å². The largest absolute Gasteiger partial charge is 0.429 e. The Morgan fingerprint density at radius 3 is 2.54 bits per heavy atom. The molecule has 0 saturated carbocycles. The number of halogens is 3. The summed E-state index contributed by atoms with van der Waals surface area (Å²) < 4.78 is 47.2. The fourth-order valence-electron chi connectivity index (χ4n) is 4.28. The van der Waals surface area contributed by atoms with Crippen molar-refractivity contribution in [1.82, 2.24) is 14.7 Å². The van der Waals surface area contributed by atoms with Crippen molar-refractivity contribution in [2.24, 2.45) is 5.41 Å². The molecule has 0 spiro atoms. The van der Waals surface area contributed by atoms with Crippen LogP contribution in [-0.4, -0.2) is 51.0 Å². The molecule has 10 nitrogen and oxygen atoms in total. The number of fused-ring (bicyclic) bond motifs is 1. The monoisotopic (exact) mass is 491 g/mol. The molecule has 1 aromatic carbocycles. The van der Waals surface area contributed by atoms with Crippen LogP contribution in [0.2, 0.25) is 0 Å². The number of hydrogen-bond donors (Lipinski definition) is 3. The summed E-state index contributed by atoms with van der Waals surface area (Å²) in [6.45, 7) is 5.35. The van der Waals surface area contributed by atoms with Gasteiger partial charge in [-0.3, -0.25) is 20.3 Å². The molecule has 0 radical (unpaired) electrons. The lowest BCUT2D eigenvalue weighted by Crippen LogP contribution is -2.47. The first kappa shape index (κ1) is 24.2. The molecule has 2 aliphatic rings. The van der Waals surface area contributed by atoms with Crippen molar-refractivity contribution < 1.29 is 27.5 Å². The topological polar surface area (TPSA) is 127 Å². The van der Waals surface area contributed by atoms with Crippen molar-refractivity contribution in [3.8, 4) is 0 Å². The minimum Gasteiger partial charge on any atom is -0.429 e. The van der Waals surface area contributed by atoms with Crippen LogP contribution >= 0.6 is 0 Å². The Morgan fingerprint density at radius 2 is 1.91 bits per heavy atom. The highest BCUT2D eigenvalue weighted by molar-refractivity contribution is 6.03. The third kappa shape index (κ3) is 4.45. The molecule has 2 aromatic rings. The predicted molar refractivity (Wildman–Crippen MR) is 120 cm³/mol. The van der Waals surface area contributed by atoms with E-state index in [1.807, 2.05) is 0 Å². The number of ether oxygens (including phenoxy) is 1. The highest BCUT2D eigenvalue weighted by Gasteiger charge is 2.46. The number of aromatic nitrogens is 2. The number of carbonyl (C=O) groups is 2. The van der Waals surface area contributed by atoms with Crippen LogP contribution in [0.15, 0.2) is 18.3 Å². The summed E-state index contributed by atoms with van der Waals surface area (Å²) in [4.78, 5) is 28.7. The first-order valence-corrected chi connectivity index (χ1v) is 10.8. The third-order valence-electron chi connectivity index (χ3n) is 6.16. The molecule has 0 bridgehead atoms. The van der Waals surface area contributed by atoms with Crippen molar-refractivity contribution in [1.29, 1.82) is 10.8 Å². The zero-order valence-electron chi connectivity index (χ0n) is 19.3. The molecule has 186 valence electrons. The van der Waals surface area contributed by atoms with Gasteiger partial charge in [0.2, 0.25) is 5.91 Å². The van der Waals surface area contributed by atoms with Crippen LogP contribution in [0.5, 0.6) is 0 Å². The standard InChI is InChI=1S/C22H24F3N7O3/c1-11-8-32-17(9-30(11)21(34)29-13-4-14(23)19(25)15(24)5-13)16(7-28-32)31-10-22(3,6-18(31)33)20(27)35-12(2)26/h4-5,7,11,26-27H,6,8-10H2,1-3H3,(H,29,34)/t11-,22?/m0/s1. The molecule has 2 aliphatic heterocycles. The number of benzene rings is 1. The minimum atomic E-state index is -1.63. The van der Waals surface area contributed by atoms with E-state index in [1.54, 1.807) is 18.5 Å². The Balaban J connectivity index is 1.55. The van der Waals surface area contributed by atoms with Crippen LogP contribution < -0.4 is 10.2 Å². The van der Waals surface area contributed by atoms with E-state index in [9.17, 15) is 22.8 Å². The van der Waals surface area contributed by atoms with E-state index in [4.69, 9.17) is 15.6 Å². The number of urea groups is 1. The fraction of sp³-hybridized carbons (Fsp3) is 0.409. The molecule has 1 fully saturated rings. The second-order valence-electron chi connectivity index (χ2n) is 9.02. The van der Waals surface area contributed by atoms with Crippen LogP contribution in [0.25, 0.3) is 0 Å². The SMILES string of the molecule is CC(=N)OC(=N)C1(C)CC(=O)N(c2cnn3c2CN(C(=O)Nc2cc(F)c(F)c(F)c2)[C@@H](C)C3)C1. The van der Waals surface area contributed by atoms with Gasteiger partial charge in [-0.15, -0.1) is 0 Å². The molecule has 35 heavy (non-hydrogen) atoms. The molecule has 13 heteroatoms. The van der Waals surface area contributed by atoms with Gasteiger partial charge in [-0.25, -0.2) is 18.0 Å². The predicted octanol–water partition coefficient (Wildman–Crippen LogP) is 3.47. The maximum absolute atomic E-state index is 13.6.